The maximum Gasteiger partial charge on any atom is 0.222 e. The molecule has 1 aliphatic carbocycles. The summed E-state index contributed by atoms with van der Waals surface area (Å²) in [6.07, 6.45) is 7.35. The van der Waals surface area contributed by atoms with Gasteiger partial charge in [0.15, 0.2) is 0 Å². The highest BCUT2D eigenvalue weighted by molar-refractivity contribution is 5.79. The largest absolute Gasteiger partial charge is 0.359 e. The summed E-state index contributed by atoms with van der Waals surface area (Å²) in [5, 5.41) is 2.62. The van der Waals surface area contributed by atoms with Gasteiger partial charge in [0.25, 0.3) is 0 Å². The van der Waals surface area contributed by atoms with Crippen LogP contribution < -0.4 is 5.32 Å². The second-order valence-electron chi connectivity index (χ2n) is 7.02. The number of hydrogen-bond donors (Lipinski definition) is 1. The number of hydrogen-bond acceptors (Lipinski definition) is 2. The van der Waals surface area contributed by atoms with Gasteiger partial charge >= 0.3 is 0 Å². The molecule has 130 valence electrons. The molecule has 4 heteroatoms. The Morgan fingerprint density at radius 1 is 1.17 bits per heavy atom. The number of carbonyl (C=O) groups is 2. The smallest absolute Gasteiger partial charge is 0.222 e. The van der Waals surface area contributed by atoms with Crippen LogP contribution in [0.2, 0.25) is 0 Å². The molecule has 0 radical (unpaired) electrons. The number of likely N-dealkylation sites (tertiary alicyclic amines) is 1. The molecule has 0 aromatic heterocycles. The Morgan fingerprint density at radius 3 is 2.83 bits per heavy atom. The molecule has 1 aromatic rings. The molecule has 1 heterocycles. The van der Waals surface area contributed by atoms with Gasteiger partial charge in [-0.25, -0.2) is 0 Å². The summed E-state index contributed by atoms with van der Waals surface area (Å²) in [5.74, 6) is 0.728. The standard InChI is InChI=1S/C20H28N2O2/c1-21-19(23)12-5-13-20(24)22-14-6-11-18(22)17-10-4-8-15-7-2-3-9-16(15)17/h2-3,7,9,17-18H,4-6,8,10-14H2,1H3,(H,21,23)/t17-,18-/m1/s1. The van der Waals surface area contributed by atoms with Crippen LogP contribution in [0.4, 0.5) is 0 Å². The lowest BCUT2D eigenvalue weighted by Crippen LogP contribution is -2.40. The van der Waals surface area contributed by atoms with Crippen molar-refractivity contribution in [1.82, 2.24) is 10.2 Å². The van der Waals surface area contributed by atoms with Crippen molar-refractivity contribution in [3.63, 3.8) is 0 Å². The maximum atomic E-state index is 12.7. The zero-order valence-corrected chi connectivity index (χ0v) is 14.6. The summed E-state index contributed by atoms with van der Waals surface area (Å²) in [6.45, 7) is 0.877. The molecular weight excluding hydrogens is 300 g/mol. The molecule has 2 aliphatic rings. The normalized spacial score (nSPS) is 23.0. The number of benzene rings is 1. The van der Waals surface area contributed by atoms with Crippen LogP contribution in [0, 0.1) is 0 Å². The van der Waals surface area contributed by atoms with Crippen LogP contribution in [-0.4, -0.2) is 36.3 Å². The van der Waals surface area contributed by atoms with Crippen LogP contribution in [0.3, 0.4) is 0 Å². The second-order valence-corrected chi connectivity index (χ2v) is 7.02. The third kappa shape index (κ3) is 3.63. The lowest BCUT2D eigenvalue weighted by Gasteiger charge is -2.35. The molecule has 1 saturated heterocycles. The zero-order valence-electron chi connectivity index (χ0n) is 14.6. The van der Waals surface area contributed by atoms with Crippen LogP contribution in [0.15, 0.2) is 24.3 Å². The van der Waals surface area contributed by atoms with Crippen molar-refractivity contribution < 1.29 is 9.59 Å². The minimum absolute atomic E-state index is 0.0157. The maximum absolute atomic E-state index is 12.7. The average molecular weight is 328 g/mol. The summed E-state index contributed by atoms with van der Waals surface area (Å²) >= 11 is 0. The molecular formula is C20H28N2O2. The first-order valence-electron chi connectivity index (χ1n) is 9.28. The van der Waals surface area contributed by atoms with Crippen LogP contribution in [0.5, 0.6) is 0 Å². The first-order valence-corrected chi connectivity index (χ1v) is 9.28. The van der Waals surface area contributed by atoms with Crippen LogP contribution in [0.25, 0.3) is 0 Å². The Bertz CT molecular complexity index is 599. The average Bonchev–Trinajstić information content (AvgIpc) is 3.10. The molecule has 3 rings (SSSR count). The van der Waals surface area contributed by atoms with E-state index in [1.807, 2.05) is 0 Å². The van der Waals surface area contributed by atoms with Gasteiger partial charge in [-0.15, -0.1) is 0 Å². The van der Waals surface area contributed by atoms with Crippen molar-refractivity contribution in [3.8, 4) is 0 Å². The van der Waals surface area contributed by atoms with E-state index >= 15 is 0 Å². The van der Waals surface area contributed by atoms with E-state index in [-0.39, 0.29) is 11.8 Å². The number of amides is 2. The summed E-state index contributed by atoms with van der Waals surface area (Å²) in [6, 6.07) is 9.09. The zero-order chi connectivity index (χ0) is 16.9. The van der Waals surface area contributed by atoms with Crippen molar-refractivity contribution in [1.29, 1.82) is 0 Å². The van der Waals surface area contributed by atoms with Crippen LogP contribution in [-0.2, 0) is 16.0 Å². The van der Waals surface area contributed by atoms with Gasteiger partial charge in [-0.1, -0.05) is 24.3 Å². The predicted octanol–water partition coefficient (Wildman–Crippen LogP) is 3.01. The molecule has 4 nitrogen and oxygen atoms in total. The van der Waals surface area contributed by atoms with E-state index < -0.39 is 0 Å². The summed E-state index contributed by atoms with van der Waals surface area (Å²) < 4.78 is 0. The van der Waals surface area contributed by atoms with E-state index in [0.717, 1.165) is 19.4 Å². The fourth-order valence-corrected chi connectivity index (χ4v) is 4.38. The molecule has 0 bridgehead atoms. The van der Waals surface area contributed by atoms with Crippen molar-refractivity contribution in [2.75, 3.05) is 13.6 Å². The Morgan fingerprint density at radius 2 is 2.00 bits per heavy atom. The lowest BCUT2D eigenvalue weighted by atomic mass is 9.78. The first-order chi connectivity index (χ1) is 11.7. The van der Waals surface area contributed by atoms with Gasteiger partial charge in [0, 0.05) is 38.4 Å². The quantitative estimate of drug-likeness (QED) is 0.903. The fraction of sp³-hybridized carbons (Fsp3) is 0.600. The fourth-order valence-electron chi connectivity index (χ4n) is 4.38. The molecule has 2 amide bonds. The van der Waals surface area contributed by atoms with E-state index in [0.29, 0.717) is 31.2 Å². The monoisotopic (exact) mass is 328 g/mol. The first kappa shape index (κ1) is 17.0. The van der Waals surface area contributed by atoms with Gasteiger partial charge in [0.1, 0.15) is 0 Å². The van der Waals surface area contributed by atoms with Crippen molar-refractivity contribution in [3.05, 3.63) is 35.4 Å². The molecule has 0 spiro atoms. The Balaban J connectivity index is 1.66. The van der Waals surface area contributed by atoms with E-state index in [4.69, 9.17) is 0 Å². The molecule has 1 aromatic carbocycles. The van der Waals surface area contributed by atoms with Crippen molar-refractivity contribution in [2.45, 2.75) is 63.3 Å². The summed E-state index contributed by atoms with van der Waals surface area (Å²) in [4.78, 5) is 26.1. The Hall–Kier alpha value is -1.84. The Kier molecular flexibility index (Phi) is 5.54. The minimum Gasteiger partial charge on any atom is -0.359 e. The molecule has 1 fully saturated rings. The van der Waals surface area contributed by atoms with Crippen LogP contribution in [0.1, 0.15) is 62.0 Å². The van der Waals surface area contributed by atoms with Gasteiger partial charge in [0.05, 0.1) is 0 Å². The van der Waals surface area contributed by atoms with Crippen LogP contribution >= 0.6 is 0 Å². The van der Waals surface area contributed by atoms with Crippen molar-refractivity contribution >= 4 is 11.8 Å². The SMILES string of the molecule is CNC(=O)CCCC(=O)N1CCC[C@@H]1[C@@H]1CCCc2ccccc21. The number of fused-ring (bicyclic) bond motifs is 1. The van der Waals surface area contributed by atoms with E-state index in [2.05, 4.69) is 34.5 Å². The number of rotatable bonds is 5. The van der Waals surface area contributed by atoms with Gasteiger partial charge in [-0.2, -0.15) is 0 Å². The number of aryl methyl sites for hydroxylation is 1. The minimum atomic E-state index is 0.0157. The molecule has 1 N–H and O–H groups in total. The third-order valence-corrected chi connectivity index (χ3v) is 5.57. The lowest BCUT2D eigenvalue weighted by molar-refractivity contribution is -0.132. The van der Waals surface area contributed by atoms with Gasteiger partial charge in [-0.3, -0.25) is 9.59 Å². The van der Waals surface area contributed by atoms with E-state index in [9.17, 15) is 9.59 Å². The van der Waals surface area contributed by atoms with Gasteiger partial charge < -0.3 is 10.2 Å². The highest BCUT2D eigenvalue weighted by atomic mass is 16.2. The number of carbonyl (C=O) groups excluding carboxylic acids is 2. The number of nitrogens with one attached hydrogen (secondary N) is 1. The van der Waals surface area contributed by atoms with Gasteiger partial charge in [0.2, 0.25) is 11.8 Å². The molecule has 1 aliphatic heterocycles. The second kappa shape index (κ2) is 7.82. The molecule has 2 atom stereocenters. The van der Waals surface area contributed by atoms with Crippen molar-refractivity contribution in [2.24, 2.45) is 0 Å². The summed E-state index contributed by atoms with van der Waals surface area (Å²) in [5.41, 5.74) is 2.92. The Labute approximate surface area is 144 Å². The molecule has 0 unspecified atom stereocenters. The predicted molar refractivity (Wildman–Crippen MR) is 94.8 cm³/mol. The highest BCUT2D eigenvalue weighted by Crippen LogP contribution is 2.39. The third-order valence-electron chi connectivity index (χ3n) is 5.57. The molecule has 24 heavy (non-hydrogen) atoms. The van der Waals surface area contributed by atoms with E-state index in [1.165, 1.54) is 30.4 Å². The topological polar surface area (TPSA) is 49.4 Å². The highest BCUT2D eigenvalue weighted by Gasteiger charge is 2.36. The number of nitrogens with zero attached hydrogens (tertiary/aromatic N) is 1. The summed E-state index contributed by atoms with van der Waals surface area (Å²) in [7, 11) is 1.64. The molecule has 0 saturated carbocycles. The van der Waals surface area contributed by atoms with E-state index in [1.54, 1.807) is 7.05 Å². The van der Waals surface area contributed by atoms with Gasteiger partial charge in [-0.05, 0) is 49.7 Å².